The summed E-state index contributed by atoms with van der Waals surface area (Å²) in [5, 5.41) is 27.7. The maximum absolute atomic E-state index is 13.3. The van der Waals surface area contributed by atoms with Gasteiger partial charge in [0.25, 0.3) is 5.91 Å². The maximum atomic E-state index is 13.3. The van der Waals surface area contributed by atoms with Gasteiger partial charge in [0.15, 0.2) is 5.65 Å². The highest BCUT2D eigenvalue weighted by Gasteiger charge is 2.37. The normalized spacial score (nSPS) is 20.7. The number of amides is 1. The molecule has 1 fully saturated rings. The summed E-state index contributed by atoms with van der Waals surface area (Å²) >= 11 is 0. The third kappa shape index (κ3) is 4.46. The number of hydrogen-bond donors (Lipinski definition) is 3. The number of aromatic nitrogens is 3. The molecule has 186 valence electrons. The minimum absolute atomic E-state index is 0.0941. The van der Waals surface area contributed by atoms with E-state index >= 15 is 0 Å². The number of aliphatic hydroxyl groups excluding tert-OH is 1. The number of carbonyl (C=O) groups is 1. The predicted octanol–water partition coefficient (Wildman–Crippen LogP) is 2.96. The van der Waals surface area contributed by atoms with E-state index < -0.39 is 11.2 Å². The van der Waals surface area contributed by atoms with E-state index in [-0.39, 0.29) is 18.4 Å². The van der Waals surface area contributed by atoms with Crippen LogP contribution in [0.3, 0.4) is 0 Å². The molecule has 1 atom stereocenters. The summed E-state index contributed by atoms with van der Waals surface area (Å²) in [6, 6.07) is 3.92. The van der Waals surface area contributed by atoms with Crippen LogP contribution < -0.4 is 15.0 Å². The molecule has 9 heteroatoms. The highest BCUT2D eigenvalue weighted by molar-refractivity contribution is 6.09. The van der Waals surface area contributed by atoms with Gasteiger partial charge in [-0.15, -0.1) is 0 Å². The van der Waals surface area contributed by atoms with Crippen LogP contribution in [0.1, 0.15) is 55.1 Å². The number of rotatable bonds is 5. The molecule has 0 radical (unpaired) electrons. The van der Waals surface area contributed by atoms with Gasteiger partial charge in [0.2, 0.25) is 0 Å². The number of ether oxygens (including phenoxy) is 1. The number of benzene rings is 1. The number of aryl methyl sites for hydroxylation is 1. The van der Waals surface area contributed by atoms with Gasteiger partial charge in [-0.05, 0) is 58.1 Å². The summed E-state index contributed by atoms with van der Waals surface area (Å²) < 4.78 is 7.71. The smallest absolute Gasteiger partial charge is 0.261 e. The number of piperidine rings is 1. The lowest BCUT2D eigenvalue weighted by Gasteiger charge is -2.39. The summed E-state index contributed by atoms with van der Waals surface area (Å²) in [4.78, 5) is 20.0. The van der Waals surface area contributed by atoms with E-state index in [1.54, 1.807) is 10.7 Å². The second-order valence-corrected chi connectivity index (χ2v) is 10.7. The first kappa shape index (κ1) is 23.6. The van der Waals surface area contributed by atoms with Gasteiger partial charge in [0.05, 0.1) is 29.8 Å². The van der Waals surface area contributed by atoms with Crippen LogP contribution >= 0.6 is 0 Å². The number of anilines is 2. The van der Waals surface area contributed by atoms with Gasteiger partial charge in [-0.3, -0.25) is 4.79 Å². The molecular formula is C26H33N5O4. The third-order valence-electron chi connectivity index (χ3n) is 7.25. The van der Waals surface area contributed by atoms with Crippen LogP contribution in [0, 0.1) is 12.8 Å². The zero-order valence-electron chi connectivity index (χ0n) is 20.7. The number of nitrogens with one attached hydrogen (secondary N) is 1. The average molecular weight is 480 g/mol. The predicted molar refractivity (Wildman–Crippen MR) is 133 cm³/mol. The number of carbonyl (C=O) groups excluding carboxylic acids is 1. The Morgan fingerprint density at radius 3 is 2.71 bits per heavy atom. The molecule has 2 aromatic heterocycles. The molecule has 35 heavy (non-hydrogen) atoms. The van der Waals surface area contributed by atoms with Crippen LogP contribution in [0.15, 0.2) is 30.7 Å². The van der Waals surface area contributed by atoms with E-state index in [0.29, 0.717) is 23.3 Å². The minimum Gasteiger partial charge on any atom is -0.484 e. The van der Waals surface area contributed by atoms with E-state index in [0.717, 1.165) is 48.5 Å². The van der Waals surface area contributed by atoms with Crippen molar-refractivity contribution in [3.63, 3.8) is 0 Å². The second kappa shape index (κ2) is 8.49. The lowest BCUT2D eigenvalue weighted by Crippen LogP contribution is -2.42. The number of aliphatic hydroxyl groups is 2. The second-order valence-electron chi connectivity index (χ2n) is 10.7. The van der Waals surface area contributed by atoms with Gasteiger partial charge in [0.1, 0.15) is 16.9 Å². The Kier molecular flexibility index (Phi) is 5.72. The van der Waals surface area contributed by atoms with Gasteiger partial charge < -0.3 is 25.2 Å². The topological polar surface area (TPSA) is 112 Å². The Balaban J connectivity index is 1.47. The first-order valence-electron chi connectivity index (χ1n) is 12.1. The molecule has 2 aliphatic rings. The maximum Gasteiger partial charge on any atom is 0.261 e. The monoisotopic (exact) mass is 479 g/mol. The van der Waals surface area contributed by atoms with Crippen LogP contribution in [-0.2, 0) is 6.42 Å². The van der Waals surface area contributed by atoms with Crippen LogP contribution in [0.4, 0.5) is 11.4 Å². The quantitative estimate of drug-likeness (QED) is 0.516. The summed E-state index contributed by atoms with van der Waals surface area (Å²) in [5.41, 5.74) is 2.95. The van der Waals surface area contributed by atoms with Crippen LogP contribution in [0.2, 0.25) is 0 Å². The Hall–Kier alpha value is -3.17. The van der Waals surface area contributed by atoms with E-state index in [4.69, 9.17) is 4.74 Å². The summed E-state index contributed by atoms with van der Waals surface area (Å²) in [6.07, 6.45) is 7.33. The van der Waals surface area contributed by atoms with Crippen molar-refractivity contribution in [3.8, 4) is 5.75 Å². The van der Waals surface area contributed by atoms with Crippen LogP contribution in [0.5, 0.6) is 5.75 Å². The zero-order valence-corrected chi connectivity index (χ0v) is 20.7. The molecule has 1 aromatic carbocycles. The van der Waals surface area contributed by atoms with Crippen molar-refractivity contribution < 1.29 is 19.7 Å². The summed E-state index contributed by atoms with van der Waals surface area (Å²) in [6.45, 7) is 8.95. The van der Waals surface area contributed by atoms with Crippen molar-refractivity contribution in [3.05, 3.63) is 47.4 Å². The molecule has 0 saturated carbocycles. The molecule has 4 heterocycles. The molecule has 0 unspecified atom stereocenters. The van der Waals surface area contributed by atoms with Gasteiger partial charge >= 0.3 is 0 Å². The Labute approximate surface area is 204 Å². The Morgan fingerprint density at radius 2 is 2.03 bits per heavy atom. The molecule has 1 amide bonds. The van der Waals surface area contributed by atoms with Gasteiger partial charge in [0, 0.05) is 43.5 Å². The molecule has 2 aliphatic heterocycles. The molecular weight excluding hydrogens is 446 g/mol. The molecule has 1 saturated heterocycles. The van der Waals surface area contributed by atoms with Crippen molar-refractivity contribution in [2.45, 2.75) is 58.2 Å². The van der Waals surface area contributed by atoms with Crippen molar-refractivity contribution in [2.24, 2.45) is 5.92 Å². The first-order chi connectivity index (χ1) is 16.6. The lowest BCUT2D eigenvalue weighted by atomic mass is 9.83. The van der Waals surface area contributed by atoms with Crippen molar-refractivity contribution in [1.82, 2.24) is 14.6 Å². The highest BCUT2D eigenvalue weighted by Crippen LogP contribution is 2.43. The Bertz CT molecular complexity index is 1270. The van der Waals surface area contributed by atoms with E-state index in [9.17, 15) is 15.0 Å². The average Bonchev–Trinajstić information content (AvgIpc) is 3.38. The molecule has 0 aliphatic carbocycles. The fourth-order valence-electron chi connectivity index (χ4n) is 5.15. The standard InChI is InChI=1S/C26H33N5O4/c1-16-12-27-23-19(13-28-31(23)14-16)24(33)29-20-9-17-11-26(4,15-32)35-22(17)10-21(20)30-7-5-18(6-8-30)25(2,3)34/h9-10,12-14,18,32,34H,5-8,11,15H2,1-4H3,(H,29,33)/t26-/m1/s1. The molecule has 3 aromatic rings. The molecule has 3 N–H and O–H groups in total. The summed E-state index contributed by atoms with van der Waals surface area (Å²) in [5.74, 6) is 0.661. The van der Waals surface area contributed by atoms with Crippen molar-refractivity contribution in [1.29, 1.82) is 0 Å². The molecule has 9 nitrogen and oxygen atoms in total. The summed E-state index contributed by atoms with van der Waals surface area (Å²) in [7, 11) is 0. The SMILES string of the molecule is Cc1cnc2c(C(=O)Nc3cc4c(cc3N3CCC(C(C)(C)O)CC3)O[C@@](C)(CO)C4)cnn2c1. The van der Waals surface area contributed by atoms with E-state index in [2.05, 4.69) is 20.3 Å². The largest absolute Gasteiger partial charge is 0.484 e. The number of hydrogen-bond acceptors (Lipinski definition) is 7. The van der Waals surface area contributed by atoms with Crippen molar-refractivity contribution >= 4 is 22.9 Å². The molecule has 0 bridgehead atoms. The first-order valence-corrected chi connectivity index (χ1v) is 12.1. The fourth-order valence-corrected chi connectivity index (χ4v) is 5.15. The van der Waals surface area contributed by atoms with Crippen molar-refractivity contribution in [2.75, 3.05) is 29.9 Å². The van der Waals surface area contributed by atoms with Crippen LogP contribution in [0.25, 0.3) is 5.65 Å². The van der Waals surface area contributed by atoms with Gasteiger partial charge in [-0.25, -0.2) is 9.50 Å². The number of fused-ring (bicyclic) bond motifs is 2. The van der Waals surface area contributed by atoms with Crippen LogP contribution in [-0.4, -0.2) is 61.6 Å². The number of nitrogens with zero attached hydrogens (tertiary/aromatic N) is 4. The van der Waals surface area contributed by atoms with E-state index in [1.165, 1.54) is 6.20 Å². The third-order valence-corrected chi connectivity index (χ3v) is 7.25. The lowest BCUT2D eigenvalue weighted by molar-refractivity contribution is 0.00651. The fraction of sp³-hybridized carbons (Fsp3) is 0.500. The van der Waals surface area contributed by atoms with E-state index in [1.807, 2.05) is 46.0 Å². The zero-order chi connectivity index (χ0) is 25.0. The van der Waals surface area contributed by atoms with Gasteiger partial charge in [-0.2, -0.15) is 5.10 Å². The minimum atomic E-state index is -0.720. The van der Waals surface area contributed by atoms with Gasteiger partial charge in [-0.1, -0.05) is 0 Å². The Morgan fingerprint density at radius 1 is 1.29 bits per heavy atom. The molecule has 0 spiro atoms. The highest BCUT2D eigenvalue weighted by atomic mass is 16.5. The molecule has 5 rings (SSSR count).